The molecule has 1 unspecified atom stereocenters. The molecule has 14 heteroatoms. The van der Waals surface area contributed by atoms with Gasteiger partial charge >= 0.3 is 6.09 Å². The molecule has 2 aromatic heterocycles. The van der Waals surface area contributed by atoms with E-state index in [1.807, 2.05) is 11.0 Å². The van der Waals surface area contributed by atoms with E-state index in [0.717, 1.165) is 9.98 Å². The van der Waals surface area contributed by atoms with Crippen LogP contribution >= 0.6 is 11.8 Å². The second kappa shape index (κ2) is 12.5. The Bertz CT molecular complexity index is 1730. The predicted molar refractivity (Wildman–Crippen MR) is 158 cm³/mol. The van der Waals surface area contributed by atoms with Crippen molar-refractivity contribution < 1.29 is 24.7 Å². The van der Waals surface area contributed by atoms with Crippen LogP contribution in [0.25, 0.3) is 11.0 Å². The van der Waals surface area contributed by atoms with Gasteiger partial charge in [0.05, 0.1) is 11.7 Å². The Morgan fingerprint density at radius 3 is 2.49 bits per heavy atom. The van der Waals surface area contributed by atoms with Gasteiger partial charge in [0, 0.05) is 48.1 Å². The van der Waals surface area contributed by atoms with Crippen LogP contribution in [0.2, 0.25) is 0 Å². The van der Waals surface area contributed by atoms with E-state index in [1.165, 1.54) is 36.5 Å². The number of anilines is 2. The number of fused-ring (bicyclic) bond motifs is 1. The molecule has 0 radical (unpaired) electrons. The number of carbonyl (C=O) groups is 3. The molecule has 3 heterocycles. The highest BCUT2D eigenvalue weighted by molar-refractivity contribution is 6.39. The number of nitrogens with one attached hydrogen (secondary N) is 2. The molecule has 5 rings (SSSR count). The average Bonchev–Trinajstić information content (AvgIpc) is 3.03. The van der Waals surface area contributed by atoms with Gasteiger partial charge in [-0.05, 0) is 49.6 Å². The fourth-order valence-electron chi connectivity index (χ4n) is 4.86. The quantitative estimate of drug-likeness (QED) is 0.138. The molecule has 43 heavy (non-hydrogen) atoms. The molecule has 222 valence electrons. The van der Waals surface area contributed by atoms with Crippen LogP contribution in [0.4, 0.5) is 16.4 Å². The third-order valence-electron chi connectivity index (χ3n) is 7.27. The van der Waals surface area contributed by atoms with Crippen LogP contribution in [0, 0.1) is 0 Å². The molecule has 0 saturated carbocycles. The highest BCUT2D eigenvalue weighted by atomic mass is 35.5. The van der Waals surface area contributed by atoms with E-state index in [0.29, 0.717) is 42.3 Å². The summed E-state index contributed by atoms with van der Waals surface area (Å²) < 4.78 is 0.722. The van der Waals surface area contributed by atoms with Crippen LogP contribution in [-0.4, -0.2) is 67.4 Å². The lowest BCUT2D eigenvalue weighted by Crippen LogP contribution is -2.44. The van der Waals surface area contributed by atoms with Crippen molar-refractivity contribution in [2.45, 2.75) is 31.8 Å². The molecular formula is C29H28ClN7O6. The third kappa shape index (κ3) is 6.42. The number of nitrogens with zero attached hydrogens (tertiary/aromatic N) is 5. The Morgan fingerprint density at radius 1 is 1.07 bits per heavy atom. The maximum Gasteiger partial charge on any atom is 0.404 e. The predicted octanol–water partition coefficient (Wildman–Crippen LogP) is 3.95. The summed E-state index contributed by atoms with van der Waals surface area (Å²) >= 11 is 6.36. The summed E-state index contributed by atoms with van der Waals surface area (Å²) in [5.74, 6) is -1.17. The number of hydrogen-bond acceptors (Lipinski definition) is 8. The highest BCUT2D eigenvalue weighted by Gasteiger charge is 2.26. The van der Waals surface area contributed by atoms with E-state index in [1.54, 1.807) is 31.2 Å². The molecule has 1 aliphatic rings. The Hall–Kier alpha value is -5.01. The number of hydrogen-bond donors (Lipinski definition) is 4. The van der Waals surface area contributed by atoms with Crippen molar-refractivity contribution in [2.24, 2.45) is 0 Å². The number of amides is 3. The zero-order chi connectivity index (χ0) is 30.7. The summed E-state index contributed by atoms with van der Waals surface area (Å²) in [5, 5.41) is 23.0. The molecule has 13 nitrogen and oxygen atoms in total. The lowest BCUT2D eigenvalue weighted by atomic mass is 10.1. The summed E-state index contributed by atoms with van der Waals surface area (Å²) in [6, 6.07) is 15.4. The van der Waals surface area contributed by atoms with Crippen molar-refractivity contribution in [3.05, 3.63) is 93.9 Å². The second-order valence-electron chi connectivity index (χ2n) is 10.1. The number of hydroxylamine groups is 2. The van der Waals surface area contributed by atoms with Crippen molar-refractivity contribution in [1.29, 1.82) is 0 Å². The largest absolute Gasteiger partial charge is 0.465 e. The van der Waals surface area contributed by atoms with Crippen molar-refractivity contribution in [3.8, 4) is 0 Å². The van der Waals surface area contributed by atoms with Gasteiger partial charge in [-0.25, -0.2) is 19.3 Å². The van der Waals surface area contributed by atoms with E-state index in [-0.39, 0.29) is 28.5 Å². The highest BCUT2D eigenvalue weighted by Crippen LogP contribution is 2.25. The van der Waals surface area contributed by atoms with Gasteiger partial charge in [0.15, 0.2) is 0 Å². The van der Waals surface area contributed by atoms with Gasteiger partial charge in [-0.2, -0.15) is 4.98 Å². The molecule has 3 amide bonds. The molecule has 1 saturated heterocycles. The zero-order valence-corrected chi connectivity index (χ0v) is 23.7. The van der Waals surface area contributed by atoms with Crippen molar-refractivity contribution in [3.63, 3.8) is 0 Å². The fraction of sp³-hybridized carbons (Fsp3) is 0.241. The maximum absolute atomic E-state index is 13.3. The van der Waals surface area contributed by atoms with Crippen LogP contribution in [0.1, 0.15) is 52.1 Å². The molecule has 1 fully saturated rings. The van der Waals surface area contributed by atoms with Crippen molar-refractivity contribution in [2.75, 3.05) is 22.4 Å². The normalized spacial score (nSPS) is 14.3. The number of rotatable bonds is 7. The van der Waals surface area contributed by atoms with Gasteiger partial charge in [-0.1, -0.05) is 36.4 Å². The molecule has 1 atom stereocenters. The Kier molecular flexibility index (Phi) is 8.55. The molecular weight excluding hydrogens is 578 g/mol. The first-order valence-electron chi connectivity index (χ1n) is 13.4. The van der Waals surface area contributed by atoms with Crippen LogP contribution in [-0.2, 0) is 0 Å². The lowest BCUT2D eigenvalue weighted by Gasteiger charge is -2.31. The standard InChI is InChI=1S/C29H28ClN7O6/c1-17(18-6-3-2-4-7-18)37(43)26(39)19-8-5-9-22(14-19)36(30)27(40)23-15-20-16-31-28(34-24(20)33-25(23)38)35-12-10-21(11-13-35)32-29(41)42/h2-9,14-17,21,32,43H,10-13H2,1H3,(H,41,42)(H,31,33,34,38). The molecule has 4 N–H and O–H groups in total. The minimum atomic E-state index is -1.06. The van der Waals surface area contributed by atoms with Crippen LogP contribution < -0.4 is 20.2 Å². The summed E-state index contributed by atoms with van der Waals surface area (Å²) in [7, 11) is 0. The first-order chi connectivity index (χ1) is 20.6. The maximum atomic E-state index is 13.3. The molecule has 2 aromatic carbocycles. The Morgan fingerprint density at radius 2 is 1.79 bits per heavy atom. The first-order valence-corrected chi connectivity index (χ1v) is 13.8. The smallest absolute Gasteiger partial charge is 0.404 e. The third-order valence-corrected chi connectivity index (χ3v) is 7.62. The SMILES string of the molecule is CC(c1ccccc1)N(O)C(=O)c1cccc(N(Cl)C(=O)c2cc3cnc(N4CCC(NC(=O)O)CC4)nc3[nH]c2=O)c1. The first kappa shape index (κ1) is 29.5. The molecule has 4 aromatic rings. The van der Waals surface area contributed by atoms with Crippen molar-refractivity contribution >= 4 is 52.4 Å². The molecule has 1 aliphatic heterocycles. The summed E-state index contributed by atoms with van der Waals surface area (Å²) in [6.45, 7) is 2.73. The number of piperidine rings is 1. The number of H-pyrrole nitrogens is 1. The summed E-state index contributed by atoms with van der Waals surface area (Å²) in [6.07, 6.45) is 1.58. The van der Waals surface area contributed by atoms with E-state index < -0.39 is 29.5 Å². The Labute approximate surface area is 250 Å². The number of halogens is 1. The van der Waals surface area contributed by atoms with Crippen molar-refractivity contribution in [1.82, 2.24) is 25.3 Å². The minimum absolute atomic E-state index is 0.0809. The van der Waals surface area contributed by atoms with E-state index >= 15 is 0 Å². The average molecular weight is 606 g/mol. The summed E-state index contributed by atoms with van der Waals surface area (Å²) in [4.78, 5) is 63.4. The number of pyridine rings is 1. The molecule has 0 spiro atoms. The number of aromatic amines is 1. The topological polar surface area (TPSA) is 172 Å². The lowest BCUT2D eigenvalue weighted by molar-refractivity contribution is -0.0854. The van der Waals surface area contributed by atoms with Gasteiger partial charge < -0.3 is 20.3 Å². The number of aromatic nitrogens is 3. The monoisotopic (exact) mass is 605 g/mol. The number of benzene rings is 2. The minimum Gasteiger partial charge on any atom is -0.465 e. The Balaban J connectivity index is 1.32. The zero-order valence-electron chi connectivity index (χ0n) is 23.0. The van der Waals surface area contributed by atoms with Gasteiger partial charge in [-0.15, -0.1) is 0 Å². The van der Waals surface area contributed by atoms with Crippen LogP contribution in [0.5, 0.6) is 0 Å². The van der Waals surface area contributed by atoms with Crippen LogP contribution in [0.3, 0.4) is 0 Å². The van der Waals surface area contributed by atoms with Gasteiger partial charge in [0.2, 0.25) is 5.95 Å². The summed E-state index contributed by atoms with van der Waals surface area (Å²) in [5.41, 5.74) is 0.164. The van der Waals surface area contributed by atoms with E-state index in [9.17, 15) is 24.4 Å². The van der Waals surface area contributed by atoms with E-state index in [4.69, 9.17) is 16.9 Å². The number of carboxylic acid groups (broad SMARTS) is 1. The second-order valence-corrected chi connectivity index (χ2v) is 10.4. The molecule has 0 aliphatic carbocycles. The number of carbonyl (C=O) groups excluding carboxylic acids is 2. The van der Waals surface area contributed by atoms with E-state index in [2.05, 4.69) is 20.3 Å². The fourth-order valence-corrected chi connectivity index (χ4v) is 5.05. The van der Waals surface area contributed by atoms with Crippen LogP contribution in [0.15, 0.2) is 71.7 Å². The van der Waals surface area contributed by atoms with Gasteiger partial charge in [0.25, 0.3) is 17.4 Å². The van der Waals surface area contributed by atoms with Gasteiger partial charge in [0.1, 0.15) is 11.2 Å². The van der Waals surface area contributed by atoms with Gasteiger partial charge in [-0.3, -0.25) is 19.6 Å². The molecule has 0 bridgehead atoms.